The van der Waals surface area contributed by atoms with Gasteiger partial charge in [-0.3, -0.25) is 9.59 Å². The van der Waals surface area contributed by atoms with Crippen LogP contribution in [0.2, 0.25) is 0 Å². The minimum absolute atomic E-state index is 0.0556. The van der Waals surface area contributed by atoms with Gasteiger partial charge in [-0.15, -0.1) is 0 Å². The molecule has 3 rings (SSSR count). The van der Waals surface area contributed by atoms with Crippen molar-refractivity contribution in [2.45, 2.75) is 59.0 Å². The minimum Gasteiger partial charge on any atom is -0.341 e. The first-order valence-electron chi connectivity index (χ1n) is 9.13. The summed E-state index contributed by atoms with van der Waals surface area (Å²) >= 11 is 0. The number of piperidine rings is 1. The minimum atomic E-state index is -0.354. The zero-order valence-corrected chi connectivity index (χ0v) is 15.3. The second kappa shape index (κ2) is 6.26. The molecule has 0 saturated carbocycles. The lowest BCUT2D eigenvalue weighted by atomic mass is 9.78. The van der Waals surface area contributed by atoms with E-state index in [2.05, 4.69) is 27.7 Å². The molecule has 2 aliphatic heterocycles. The van der Waals surface area contributed by atoms with E-state index in [0.717, 1.165) is 31.5 Å². The molecule has 2 amide bonds. The lowest BCUT2D eigenvalue weighted by Crippen LogP contribution is -2.52. The highest BCUT2D eigenvalue weighted by Crippen LogP contribution is 2.41. The van der Waals surface area contributed by atoms with Gasteiger partial charge in [-0.2, -0.15) is 0 Å². The quantitative estimate of drug-likeness (QED) is 0.855. The van der Waals surface area contributed by atoms with E-state index in [1.807, 2.05) is 32.7 Å². The molecule has 1 aromatic rings. The summed E-state index contributed by atoms with van der Waals surface area (Å²) in [6.45, 7) is 10.4. The van der Waals surface area contributed by atoms with Gasteiger partial charge in [0.2, 0.25) is 5.91 Å². The summed E-state index contributed by atoms with van der Waals surface area (Å²) in [4.78, 5) is 29.8. The summed E-state index contributed by atoms with van der Waals surface area (Å²) in [5.74, 6) is 0.304. The normalized spacial score (nSPS) is 24.7. The van der Waals surface area contributed by atoms with Crippen molar-refractivity contribution in [2.24, 2.45) is 5.41 Å². The number of carbonyl (C=O) groups is 2. The van der Waals surface area contributed by atoms with Gasteiger partial charge in [0.05, 0.1) is 5.41 Å². The highest BCUT2D eigenvalue weighted by molar-refractivity contribution is 5.94. The van der Waals surface area contributed by atoms with E-state index in [1.54, 1.807) is 0 Å². The lowest BCUT2D eigenvalue weighted by Gasteiger charge is -2.41. The molecule has 1 aromatic heterocycles. The van der Waals surface area contributed by atoms with Crippen molar-refractivity contribution in [1.29, 1.82) is 0 Å². The summed E-state index contributed by atoms with van der Waals surface area (Å²) in [6.07, 6.45) is 4.69. The van der Waals surface area contributed by atoms with Crippen molar-refractivity contribution >= 4 is 11.8 Å². The lowest BCUT2D eigenvalue weighted by molar-refractivity contribution is -0.147. The van der Waals surface area contributed by atoms with E-state index in [1.165, 1.54) is 0 Å². The Morgan fingerprint density at radius 1 is 1.12 bits per heavy atom. The molecule has 2 fully saturated rings. The Bertz CT molecular complexity index is 634. The van der Waals surface area contributed by atoms with Gasteiger partial charge in [0.25, 0.3) is 5.91 Å². The molecule has 0 N–H and O–H groups in total. The molecule has 0 aromatic carbocycles. The zero-order chi connectivity index (χ0) is 17.5. The number of rotatable bonds is 3. The molecule has 132 valence electrons. The van der Waals surface area contributed by atoms with E-state index in [0.29, 0.717) is 13.1 Å². The van der Waals surface area contributed by atoms with Crippen molar-refractivity contribution in [2.75, 3.05) is 19.6 Å². The number of aromatic nitrogens is 1. The molecule has 0 bridgehead atoms. The van der Waals surface area contributed by atoms with Crippen LogP contribution in [-0.2, 0) is 4.79 Å². The molecule has 1 atom stereocenters. The van der Waals surface area contributed by atoms with Crippen LogP contribution in [0, 0.1) is 5.41 Å². The largest absolute Gasteiger partial charge is 0.341 e. The Morgan fingerprint density at radius 2 is 1.88 bits per heavy atom. The Kier molecular flexibility index (Phi) is 4.45. The van der Waals surface area contributed by atoms with E-state index in [4.69, 9.17) is 0 Å². The smallest absolute Gasteiger partial charge is 0.270 e. The Hall–Kier alpha value is -1.78. The summed E-state index contributed by atoms with van der Waals surface area (Å²) in [5, 5.41) is 0. The van der Waals surface area contributed by atoms with Crippen molar-refractivity contribution < 1.29 is 9.59 Å². The van der Waals surface area contributed by atoms with Gasteiger partial charge in [0.15, 0.2) is 0 Å². The van der Waals surface area contributed by atoms with Crippen LogP contribution in [0.15, 0.2) is 18.3 Å². The van der Waals surface area contributed by atoms with Crippen LogP contribution in [0.4, 0.5) is 0 Å². The molecule has 1 unspecified atom stereocenters. The fraction of sp³-hybridized carbons (Fsp3) is 0.684. The molecule has 5 heteroatoms. The second-order valence-corrected chi connectivity index (χ2v) is 7.85. The van der Waals surface area contributed by atoms with Crippen molar-refractivity contribution in [3.8, 4) is 0 Å². The van der Waals surface area contributed by atoms with Gasteiger partial charge in [-0.1, -0.05) is 0 Å². The predicted octanol–water partition coefficient (Wildman–Crippen LogP) is 2.93. The maximum Gasteiger partial charge on any atom is 0.270 e. The van der Waals surface area contributed by atoms with Crippen LogP contribution >= 0.6 is 0 Å². The SMILES string of the molecule is CC(C)N1CCCC2(CCN(C(=O)c3cccn3C(C)C)C2)C1=O. The highest BCUT2D eigenvalue weighted by atomic mass is 16.2. The van der Waals surface area contributed by atoms with Gasteiger partial charge in [-0.25, -0.2) is 0 Å². The van der Waals surface area contributed by atoms with Crippen molar-refractivity contribution in [3.63, 3.8) is 0 Å². The van der Waals surface area contributed by atoms with E-state index in [-0.39, 0.29) is 29.3 Å². The van der Waals surface area contributed by atoms with Crippen molar-refractivity contribution in [3.05, 3.63) is 24.0 Å². The van der Waals surface area contributed by atoms with Crippen LogP contribution in [0.1, 0.15) is 63.5 Å². The first-order valence-corrected chi connectivity index (χ1v) is 9.13. The van der Waals surface area contributed by atoms with E-state index < -0.39 is 0 Å². The highest BCUT2D eigenvalue weighted by Gasteiger charge is 2.50. The van der Waals surface area contributed by atoms with E-state index >= 15 is 0 Å². The number of hydrogen-bond donors (Lipinski definition) is 0. The van der Waals surface area contributed by atoms with Crippen LogP contribution < -0.4 is 0 Å². The number of carbonyl (C=O) groups excluding carboxylic acids is 2. The predicted molar refractivity (Wildman–Crippen MR) is 93.9 cm³/mol. The summed E-state index contributed by atoms with van der Waals surface area (Å²) in [7, 11) is 0. The standard InChI is InChI=1S/C19H29N3O2/c1-14(2)21-10-5-7-16(21)17(23)20-12-9-19(13-20)8-6-11-22(15(3)4)18(19)24/h5,7,10,14-15H,6,8-9,11-13H2,1-4H3. The Balaban J connectivity index is 1.78. The number of nitrogens with zero attached hydrogens (tertiary/aromatic N) is 3. The van der Waals surface area contributed by atoms with Crippen LogP contribution in [0.5, 0.6) is 0 Å². The number of amides is 2. The molecule has 2 saturated heterocycles. The maximum absolute atomic E-state index is 13.0. The van der Waals surface area contributed by atoms with E-state index in [9.17, 15) is 9.59 Å². The molecule has 24 heavy (non-hydrogen) atoms. The second-order valence-electron chi connectivity index (χ2n) is 7.85. The fourth-order valence-electron chi connectivity index (χ4n) is 4.21. The summed E-state index contributed by atoms with van der Waals surface area (Å²) < 4.78 is 2.01. The van der Waals surface area contributed by atoms with Crippen LogP contribution in [0.25, 0.3) is 0 Å². The van der Waals surface area contributed by atoms with Gasteiger partial charge in [0, 0.05) is 37.9 Å². The third-order valence-electron chi connectivity index (χ3n) is 5.59. The Morgan fingerprint density at radius 3 is 2.54 bits per heavy atom. The van der Waals surface area contributed by atoms with Crippen molar-refractivity contribution in [1.82, 2.24) is 14.4 Å². The average Bonchev–Trinajstić information content (AvgIpc) is 3.17. The maximum atomic E-state index is 13.0. The first-order chi connectivity index (χ1) is 11.4. The molecule has 3 heterocycles. The third-order valence-corrected chi connectivity index (χ3v) is 5.59. The van der Waals surface area contributed by atoms with Gasteiger partial charge in [-0.05, 0) is 59.1 Å². The molecule has 0 radical (unpaired) electrons. The fourth-order valence-corrected chi connectivity index (χ4v) is 4.21. The van der Waals surface area contributed by atoms with Crippen LogP contribution in [0.3, 0.4) is 0 Å². The average molecular weight is 331 g/mol. The topological polar surface area (TPSA) is 45.5 Å². The molecule has 0 aliphatic carbocycles. The summed E-state index contributed by atoms with van der Waals surface area (Å²) in [6, 6.07) is 4.29. The van der Waals surface area contributed by atoms with Crippen LogP contribution in [-0.4, -0.2) is 51.9 Å². The van der Waals surface area contributed by atoms with Gasteiger partial charge in [0.1, 0.15) is 5.69 Å². The Labute approximate surface area is 144 Å². The third kappa shape index (κ3) is 2.74. The monoisotopic (exact) mass is 331 g/mol. The molecule has 1 spiro atoms. The molecular weight excluding hydrogens is 302 g/mol. The number of hydrogen-bond acceptors (Lipinski definition) is 2. The summed E-state index contributed by atoms with van der Waals surface area (Å²) in [5.41, 5.74) is 0.374. The molecule has 5 nitrogen and oxygen atoms in total. The molecular formula is C19H29N3O2. The zero-order valence-electron chi connectivity index (χ0n) is 15.3. The number of likely N-dealkylation sites (tertiary alicyclic amines) is 2. The molecule has 2 aliphatic rings. The van der Waals surface area contributed by atoms with Gasteiger partial charge >= 0.3 is 0 Å². The van der Waals surface area contributed by atoms with Gasteiger partial charge < -0.3 is 14.4 Å². The first kappa shape index (κ1) is 17.1.